The fourth-order valence-electron chi connectivity index (χ4n) is 9.42. The van der Waals surface area contributed by atoms with Crippen molar-refractivity contribution >= 4 is 11.9 Å². The van der Waals surface area contributed by atoms with E-state index < -0.39 is 12.1 Å². The zero-order valence-corrected chi connectivity index (χ0v) is 46.3. The Morgan fingerprint density at radius 1 is 0.406 bits per heavy atom. The molecule has 0 aliphatic heterocycles. The van der Waals surface area contributed by atoms with Crippen molar-refractivity contribution in [2.45, 2.75) is 341 Å². The molecule has 0 aliphatic rings. The third kappa shape index (κ3) is 55.2. The standard InChI is InChI=1S/C63H119NO5/c1-3-5-7-9-11-13-15-17-19-20-21-22-23-24-25-26-27-28-29-31-35-39-43-47-51-55-61(66)60(59-65)64-62(67)56-52-48-44-40-36-32-30-34-38-42-46-50-54-58-69-63(68)57-53-49-45-41-37-33-18-16-14-12-10-8-6-4-2/h10,12,16,18,32,36,60-61,65-66H,3-9,11,13-15,17,19-31,33-35,37-59H2,1-2H3,(H,64,67)/b12-10-,18-16-,36-32-. The molecule has 0 saturated heterocycles. The summed E-state index contributed by atoms with van der Waals surface area (Å²) in [6.45, 7) is 4.88. The van der Waals surface area contributed by atoms with E-state index in [9.17, 15) is 19.8 Å². The number of aliphatic hydroxyl groups is 2. The van der Waals surface area contributed by atoms with E-state index >= 15 is 0 Å². The lowest BCUT2D eigenvalue weighted by Crippen LogP contribution is -2.45. The molecule has 2 atom stereocenters. The van der Waals surface area contributed by atoms with Gasteiger partial charge in [0.25, 0.3) is 0 Å². The number of allylic oxidation sites excluding steroid dienone is 6. The van der Waals surface area contributed by atoms with E-state index in [4.69, 9.17) is 4.74 Å². The molecule has 0 heterocycles. The van der Waals surface area contributed by atoms with Gasteiger partial charge in [-0.2, -0.15) is 0 Å². The molecule has 0 aromatic heterocycles. The topological polar surface area (TPSA) is 95.9 Å². The van der Waals surface area contributed by atoms with Gasteiger partial charge < -0.3 is 20.3 Å². The number of amides is 1. The summed E-state index contributed by atoms with van der Waals surface area (Å²) in [5, 5.41) is 23.4. The minimum atomic E-state index is -0.684. The van der Waals surface area contributed by atoms with Crippen molar-refractivity contribution in [1.29, 1.82) is 0 Å². The highest BCUT2D eigenvalue weighted by Gasteiger charge is 2.20. The van der Waals surface area contributed by atoms with Crippen molar-refractivity contribution in [3.05, 3.63) is 36.5 Å². The summed E-state index contributed by atoms with van der Waals surface area (Å²) in [4.78, 5) is 24.5. The van der Waals surface area contributed by atoms with Crippen LogP contribution < -0.4 is 5.32 Å². The van der Waals surface area contributed by atoms with Gasteiger partial charge >= 0.3 is 5.97 Å². The Bertz CT molecular complexity index is 1120. The van der Waals surface area contributed by atoms with Crippen molar-refractivity contribution in [1.82, 2.24) is 5.32 Å². The van der Waals surface area contributed by atoms with Gasteiger partial charge in [-0.1, -0.05) is 275 Å². The Balaban J connectivity index is 3.49. The number of rotatable bonds is 57. The number of hydrogen-bond acceptors (Lipinski definition) is 5. The van der Waals surface area contributed by atoms with Gasteiger partial charge in [-0.05, 0) is 77.0 Å². The van der Waals surface area contributed by atoms with E-state index in [2.05, 4.69) is 55.6 Å². The number of aliphatic hydroxyl groups excluding tert-OH is 2. The molecule has 2 unspecified atom stereocenters. The van der Waals surface area contributed by atoms with Crippen LogP contribution >= 0.6 is 0 Å². The highest BCUT2D eigenvalue weighted by molar-refractivity contribution is 5.76. The summed E-state index contributed by atoms with van der Waals surface area (Å²) in [6.07, 6.45) is 72.9. The number of hydrogen-bond donors (Lipinski definition) is 3. The predicted octanol–water partition coefficient (Wildman–Crippen LogP) is 19.2. The second kappa shape index (κ2) is 58.6. The van der Waals surface area contributed by atoms with Gasteiger partial charge in [0.15, 0.2) is 0 Å². The van der Waals surface area contributed by atoms with E-state index in [1.807, 2.05) is 0 Å². The van der Waals surface area contributed by atoms with Crippen LogP contribution in [0.25, 0.3) is 0 Å². The van der Waals surface area contributed by atoms with Gasteiger partial charge in [-0.3, -0.25) is 9.59 Å². The molecule has 0 aromatic rings. The molecule has 3 N–H and O–H groups in total. The molecule has 0 aromatic carbocycles. The Hall–Kier alpha value is -1.92. The highest BCUT2D eigenvalue weighted by Crippen LogP contribution is 2.18. The summed E-state index contributed by atoms with van der Waals surface area (Å²) in [6, 6.07) is -0.564. The second-order valence-electron chi connectivity index (χ2n) is 21.0. The minimum absolute atomic E-state index is 0.0266. The van der Waals surface area contributed by atoms with Crippen LogP contribution in [0.2, 0.25) is 0 Å². The van der Waals surface area contributed by atoms with Gasteiger partial charge in [0.2, 0.25) is 5.91 Å². The average Bonchev–Trinajstić information content (AvgIpc) is 3.35. The van der Waals surface area contributed by atoms with Crippen molar-refractivity contribution < 1.29 is 24.5 Å². The zero-order chi connectivity index (χ0) is 50.0. The van der Waals surface area contributed by atoms with Gasteiger partial charge in [0.1, 0.15) is 0 Å². The number of esters is 1. The summed E-state index contributed by atoms with van der Waals surface area (Å²) in [5.74, 6) is -0.0895. The van der Waals surface area contributed by atoms with Gasteiger partial charge in [0.05, 0.1) is 25.4 Å². The number of carbonyl (C=O) groups excluding carboxylic acids is 2. The Morgan fingerprint density at radius 3 is 1.17 bits per heavy atom. The Morgan fingerprint density at radius 2 is 0.739 bits per heavy atom. The lowest BCUT2D eigenvalue weighted by atomic mass is 10.0. The van der Waals surface area contributed by atoms with Crippen LogP contribution in [0.3, 0.4) is 0 Å². The molecular formula is C63H119NO5. The summed E-state index contributed by atoms with van der Waals surface area (Å²) < 4.78 is 5.45. The first-order valence-corrected chi connectivity index (χ1v) is 30.7. The monoisotopic (exact) mass is 970 g/mol. The van der Waals surface area contributed by atoms with Crippen molar-refractivity contribution in [2.75, 3.05) is 13.2 Å². The molecule has 6 heteroatoms. The third-order valence-electron chi connectivity index (χ3n) is 14.2. The van der Waals surface area contributed by atoms with Crippen LogP contribution in [0.1, 0.15) is 328 Å². The first kappa shape index (κ1) is 67.1. The fraction of sp³-hybridized carbons (Fsp3) is 0.873. The van der Waals surface area contributed by atoms with Gasteiger partial charge in [-0.15, -0.1) is 0 Å². The van der Waals surface area contributed by atoms with Crippen LogP contribution in [0, 0.1) is 0 Å². The highest BCUT2D eigenvalue weighted by atomic mass is 16.5. The summed E-state index contributed by atoms with van der Waals surface area (Å²) in [5.41, 5.74) is 0. The first-order chi connectivity index (χ1) is 34.0. The van der Waals surface area contributed by atoms with Gasteiger partial charge in [-0.25, -0.2) is 0 Å². The van der Waals surface area contributed by atoms with Crippen LogP contribution in [0.5, 0.6) is 0 Å². The maximum Gasteiger partial charge on any atom is 0.305 e. The molecule has 406 valence electrons. The molecule has 6 nitrogen and oxygen atoms in total. The zero-order valence-electron chi connectivity index (χ0n) is 46.3. The molecule has 0 rings (SSSR count). The molecule has 0 bridgehead atoms. The Labute approximate surface area is 430 Å². The van der Waals surface area contributed by atoms with Crippen LogP contribution in [-0.4, -0.2) is 47.4 Å². The minimum Gasteiger partial charge on any atom is -0.466 e. The smallest absolute Gasteiger partial charge is 0.305 e. The van der Waals surface area contributed by atoms with E-state index in [1.54, 1.807) is 0 Å². The van der Waals surface area contributed by atoms with Gasteiger partial charge in [0, 0.05) is 12.8 Å². The van der Waals surface area contributed by atoms with E-state index in [0.29, 0.717) is 25.9 Å². The molecule has 1 amide bonds. The fourth-order valence-corrected chi connectivity index (χ4v) is 9.42. The van der Waals surface area contributed by atoms with Crippen LogP contribution in [0.15, 0.2) is 36.5 Å². The molecule has 69 heavy (non-hydrogen) atoms. The predicted molar refractivity (Wildman–Crippen MR) is 301 cm³/mol. The largest absolute Gasteiger partial charge is 0.466 e. The number of nitrogens with one attached hydrogen (secondary N) is 1. The third-order valence-corrected chi connectivity index (χ3v) is 14.2. The molecular weight excluding hydrogens is 851 g/mol. The summed E-state index contributed by atoms with van der Waals surface area (Å²) in [7, 11) is 0. The molecule has 0 aliphatic carbocycles. The van der Waals surface area contributed by atoms with E-state index in [0.717, 1.165) is 83.5 Å². The van der Waals surface area contributed by atoms with Crippen LogP contribution in [0.4, 0.5) is 0 Å². The van der Waals surface area contributed by atoms with E-state index in [1.165, 1.54) is 212 Å². The first-order valence-electron chi connectivity index (χ1n) is 30.7. The van der Waals surface area contributed by atoms with Crippen molar-refractivity contribution in [3.63, 3.8) is 0 Å². The van der Waals surface area contributed by atoms with E-state index in [-0.39, 0.29) is 18.5 Å². The normalized spacial score (nSPS) is 12.8. The number of carbonyl (C=O) groups is 2. The van der Waals surface area contributed by atoms with Crippen molar-refractivity contribution in [2.24, 2.45) is 0 Å². The molecule has 0 radical (unpaired) electrons. The molecule has 0 saturated carbocycles. The lowest BCUT2D eigenvalue weighted by molar-refractivity contribution is -0.143. The number of unbranched alkanes of at least 4 members (excludes halogenated alkanes) is 40. The number of ether oxygens (including phenoxy) is 1. The quantitative estimate of drug-likeness (QED) is 0.0321. The SMILES string of the molecule is CCCC/C=C\C/C=C\CCCCCCCC(=O)OCCCCCCCC/C=C\CCCCCC(=O)NC(CO)C(O)CCCCCCCCCCCCCCCCCCCCCCCCCCC. The second-order valence-corrected chi connectivity index (χ2v) is 21.0. The maximum atomic E-state index is 12.5. The Kier molecular flexibility index (Phi) is 57.0. The lowest BCUT2D eigenvalue weighted by Gasteiger charge is -2.22. The van der Waals surface area contributed by atoms with Crippen LogP contribution in [-0.2, 0) is 14.3 Å². The van der Waals surface area contributed by atoms with Crippen molar-refractivity contribution in [3.8, 4) is 0 Å². The molecule has 0 spiro atoms. The summed E-state index contributed by atoms with van der Waals surface area (Å²) >= 11 is 0. The molecule has 0 fully saturated rings. The maximum absolute atomic E-state index is 12.5. The average molecular weight is 971 g/mol.